The SMILES string of the molecule is Nc1ncnc(Oc2ccc(NC(=O)c3cccn(-c4ccc(C(F)(F)F)cc4)c3=O)cc2F)c1F. The fourth-order valence-corrected chi connectivity index (χ4v) is 3.08. The first-order valence-electron chi connectivity index (χ1n) is 9.98. The van der Waals surface area contributed by atoms with E-state index in [0.29, 0.717) is 0 Å². The van der Waals surface area contributed by atoms with E-state index in [1.807, 2.05) is 0 Å². The molecule has 4 aromatic rings. The summed E-state index contributed by atoms with van der Waals surface area (Å²) in [4.78, 5) is 32.4. The minimum atomic E-state index is -4.54. The van der Waals surface area contributed by atoms with Gasteiger partial charge in [-0.1, -0.05) is 0 Å². The average Bonchev–Trinajstić information content (AvgIpc) is 2.83. The normalized spacial score (nSPS) is 11.2. The number of hydrogen-bond acceptors (Lipinski definition) is 6. The summed E-state index contributed by atoms with van der Waals surface area (Å²) >= 11 is 0. The van der Waals surface area contributed by atoms with Gasteiger partial charge in [0.2, 0.25) is 5.82 Å². The molecule has 0 unspecified atom stereocenters. The number of anilines is 2. The van der Waals surface area contributed by atoms with Crippen molar-refractivity contribution in [3.8, 4) is 17.3 Å². The van der Waals surface area contributed by atoms with E-state index >= 15 is 0 Å². The van der Waals surface area contributed by atoms with Crippen LogP contribution in [0.5, 0.6) is 11.6 Å². The maximum atomic E-state index is 14.5. The molecular formula is C23H14F5N5O3. The third kappa shape index (κ3) is 4.99. The Bertz CT molecular complexity index is 1500. The third-order valence-electron chi connectivity index (χ3n) is 4.85. The van der Waals surface area contributed by atoms with Crippen LogP contribution < -0.4 is 21.3 Å². The van der Waals surface area contributed by atoms with Crippen molar-refractivity contribution in [1.29, 1.82) is 0 Å². The predicted molar refractivity (Wildman–Crippen MR) is 118 cm³/mol. The zero-order valence-electron chi connectivity index (χ0n) is 17.9. The Kier molecular flexibility index (Phi) is 6.38. The predicted octanol–water partition coefficient (Wildman–Crippen LogP) is 4.55. The lowest BCUT2D eigenvalue weighted by molar-refractivity contribution is -0.137. The molecule has 0 saturated heterocycles. The summed E-state index contributed by atoms with van der Waals surface area (Å²) in [6, 6.07) is 9.55. The Morgan fingerprint density at radius 1 is 1.03 bits per heavy atom. The molecule has 0 atom stereocenters. The zero-order valence-corrected chi connectivity index (χ0v) is 17.9. The maximum Gasteiger partial charge on any atom is 0.416 e. The topological polar surface area (TPSA) is 112 Å². The van der Waals surface area contributed by atoms with Gasteiger partial charge in [-0.2, -0.15) is 22.5 Å². The number of alkyl halides is 3. The van der Waals surface area contributed by atoms with Crippen LogP contribution in [0.2, 0.25) is 0 Å². The molecular weight excluding hydrogens is 489 g/mol. The smallest absolute Gasteiger partial charge is 0.416 e. The van der Waals surface area contributed by atoms with Gasteiger partial charge >= 0.3 is 6.18 Å². The number of ether oxygens (including phenoxy) is 1. The Balaban J connectivity index is 1.54. The van der Waals surface area contributed by atoms with Crippen LogP contribution in [0, 0.1) is 11.6 Å². The highest BCUT2D eigenvalue weighted by Gasteiger charge is 2.30. The van der Waals surface area contributed by atoms with Gasteiger partial charge in [0, 0.05) is 23.6 Å². The number of rotatable bonds is 5. The van der Waals surface area contributed by atoms with Crippen molar-refractivity contribution < 1.29 is 31.5 Å². The number of aromatic nitrogens is 3. The lowest BCUT2D eigenvalue weighted by Gasteiger charge is -2.11. The van der Waals surface area contributed by atoms with Crippen LogP contribution in [-0.2, 0) is 6.18 Å². The van der Waals surface area contributed by atoms with Gasteiger partial charge in [-0.3, -0.25) is 14.2 Å². The number of pyridine rings is 1. The van der Waals surface area contributed by atoms with Gasteiger partial charge in [0.1, 0.15) is 11.9 Å². The molecule has 2 aromatic carbocycles. The van der Waals surface area contributed by atoms with E-state index in [1.54, 1.807) is 0 Å². The summed E-state index contributed by atoms with van der Waals surface area (Å²) in [5.74, 6) is -4.49. The summed E-state index contributed by atoms with van der Waals surface area (Å²) in [6.45, 7) is 0. The number of carbonyl (C=O) groups excluding carboxylic acids is 1. The molecule has 0 saturated carbocycles. The first-order valence-corrected chi connectivity index (χ1v) is 9.98. The van der Waals surface area contributed by atoms with E-state index in [2.05, 4.69) is 15.3 Å². The van der Waals surface area contributed by atoms with Gasteiger partial charge in [0.15, 0.2) is 17.4 Å². The molecule has 0 bridgehead atoms. The number of nitrogens with one attached hydrogen (secondary N) is 1. The van der Waals surface area contributed by atoms with Crippen LogP contribution in [0.3, 0.4) is 0 Å². The molecule has 8 nitrogen and oxygen atoms in total. The van der Waals surface area contributed by atoms with Crippen LogP contribution in [0.25, 0.3) is 5.69 Å². The fourth-order valence-electron chi connectivity index (χ4n) is 3.08. The van der Waals surface area contributed by atoms with Crippen molar-refractivity contribution >= 4 is 17.4 Å². The highest BCUT2D eigenvalue weighted by atomic mass is 19.4. The van der Waals surface area contributed by atoms with Gasteiger partial charge in [0.25, 0.3) is 17.3 Å². The second-order valence-electron chi connectivity index (χ2n) is 7.22. The third-order valence-corrected chi connectivity index (χ3v) is 4.85. The number of nitrogen functional groups attached to an aromatic ring is 1. The highest BCUT2D eigenvalue weighted by molar-refractivity contribution is 6.04. The molecule has 4 rings (SSSR count). The van der Waals surface area contributed by atoms with E-state index in [9.17, 15) is 31.5 Å². The van der Waals surface area contributed by atoms with Crippen molar-refractivity contribution in [2.24, 2.45) is 0 Å². The van der Waals surface area contributed by atoms with E-state index in [-0.39, 0.29) is 16.9 Å². The molecule has 0 aliphatic carbocycles. The molecule has 36 heavy (non-hydrogen) atoms. The van der Waals surface area contributed by atoms with Crippen molar-refractivity contribution in [3.05, 3.63) is 100 Å². The Labute approximate surface area is 198 Å². The highest BCUT2D eigenvalue weighted by Crippen LogP contribution is 2.30. The minimum absolute atomic E-state index is 0.0585. The van der Waals surface area contributed by atoms with E-state index in [4.69, 9.17) is 10.5 Å². The molecule has 1 amide bonds. The standard InChI is InChI=1S/C23H14F5N5O3/c24-16-10-13(5-8-17(16)36-21-18(25)19(29)30-11-31-21)32-20(34)15-2-1-9-33(22(15)35)14-6-3-12(4-7-14)23(26,27)28/h1-11H,(H,32,34)(H2,29,30,31). The molecule has 2 aromatic heterocycles. The minimum Gasteiger partial charge on any atom is -0.433 e. The summed E-state index contributed by atoms with van der Waals surface area (Å²) < 4.78 is 72.8. The molecule has 3 N–H and O–H groups in total. The lowest BCUT2D eigenvalue weighted by atomic mass is 10.2. The van der Waals surface area contributed by atoms with Crippen LogP contribution in [0.15, 0.2) is 71.9 Å². The molecule has 0 fully saturated rings. The van der Waals surface area contributed by atoms with Gasteiger partial charge in [-0.05, 0) is 48.5 Å². The first kappa shape index (κ1) is 24.3. The van der Waals surface area contributed by atoms with E-state index < -0.39 is 52.3 Å². The van der Waals surface area contributed by atoms with Gasteiger partial charge in [-0.15, -0.1) is 0 Å². The van der Waals surface area contributed by atoms with Crippen molar-refractivity contribution in [1.82, 2.24) is 14.5 Å². The summed E-state index contributed by atoms with van der Waals surface area (Å²) in [6.07, 6.45) is -2.33. The van der Waals surface area contributed by atoms with Crippen molar-refractivity contribution in [2.45, 2.75) is 6.18 Å². The van der Waals surface area contributed by atoms with Crippen molar-refractivity contribution in [2.75, 3.05) is 11.1 Å². The maximum absolute atomic E-state index is 14.5. The number of hydrogen-bond donors (Lipinski definition) is 2. The summed E-state index contributed by atoms with van der Waals surface area (Å²) in [5.41, 5.74) is 3.30. The van der Waals surface area contributed by atoms with Crippen LogP contribution in [0.1, 0.15) is 15.9 Å². The number of carbonyl (C=O) groups is 1. The van der Waals surface area contributed by atoms with E-state index in [0.717, 1.165) is 47.3 Å². The molecule has 0 radical (unpaired) electrons. The van der Waals surface area contributed by atoms with Crippen LogP contribution in [0.4, 0.5) is 33.5 Å². The largest absolute Gasteiger partial charge is 0.433 e. The molecule has 2 heterocycles. The number of nitrogens with zero attached hydrogens (tertiary/aromatic N) is 3. The van der Waals surface area contributed by atoms with Crippen LogP contribution >= 0.6 is 0 Å². The second kappa shape index (κ2) is 9.44. The number of nitrogens with two attached hydrogens (primary N) is 1. The van der Waals surface area contributed by atoms with Gasteiger partial charge < -0.3 is 15.8 Å². The average molecular weight is 503 g/mol. The zero-order chi connectivity index (χ0) is 26.0. The van der Waals surface area contributed by atoms with Gasteiger partial charge in [-0.25, -0.2) is 9.37 Å². The first-order chi connectivity index (χ1) is 17.0. The molecule has 0 aliphatic rings. The van der Waals surface area contributed by atoms with E-state index in [1.165, 1.54) is 24.4 Å². The Morgan fingerprint density at radius 3 is 2.42 bits per heavy atom. The molecule has 13 heteroatoms. The molecule has 0 aliphatic heterocycles. The Hall–Kier alpha value is -4.81. The molecule has 184 valence electrons. The summed E-state index contributed by atoms with van der Waals surface area (Å²) in [5, 5.41) is 2.34. The quantitative estimate of drug-likeness (QED) is 0.387. The monoisotopic (exact) mass is 503 g/mol. The lowest BCUT2D eigenvalue weighted by Crippen LogP contribution is -2.27. The number of benzene rings is 2. The number of halogens is 5. The molecule has 0 spiro atoms. The van der Waals surface area contributed by atoms with Crippen LogP contribution in [-0.4, -0.2) is 20.4 Å². The van der Waals surface area contributed by atoms with Gasteiger partial charge in [0.05, 0.1) is 5.56 Å². The number of amides is 1. The van der Waals surface area contributed by atoms with Crippen molar-refractivity contribution in [3.63, 3.8) is 0 Å². The summed E-state index contributed by atoms with van der Waals surface area (Å²) in [7, 11) is 0. The second-order valence-corrected chi connectivity index (χ2v) is 7.22. The fraction of sp³-hybridized carbons (Fsp3) is 0.0435. The Morgan fingerprint density at radius 2 is 1.75 bits per heavy atom.